The summed E-state index contributed by atoms with van der Waals surface area (Å²) in [4.78, 5) is 19.4. The molecule has 1 N–H and O–H groups in total. The lowest BCUT2D eigenvalue weighted by molar-refractivity contribution is -0.0129. The van der Waals surface area contributed by atoms with E-state index in [-0.39, 0.29) is 31.5 Å². The van der Waals surface area contributed by atoms with Crippen LogP contribution in [0.1, 0.15) is 17.0 Å². The summed E-state index contributed by atoms with van der Waals surface area (Å²) in [6.45, 7) is 0.184. The van der Waals surface area contributed by atoms with Crippen LogP contribution in [-0.4, -0.2) is 74.6 Å². The van der Waals surface area contributed by atoms with E-state index in [1.807, 2.05) is 0 Å². The van der Waals surface area contributed by atoms with Gasteiger partial charge in [0.15, 0.2) is 5.82 Å². The highest BCUT2D eigenvalue weighted by atomic mass is 19.3. The van der Waals surface area contributed by atoms with E-state index in [9.17, 15) is 18.7 Å². The summed E-state index contributed by atoms with van der Waals surface area (Å²) in [5, 5.41) is 9.23. The third-order valence-electron chi connectivity index (χ3n) is 4.26. The lowest BCUT2D eigenvalue weighted by Crippen LogP contribution is -2.62. The predicted molar refractivity (Wildman–Crippen MR) is 70.0 cm³/mol. The lowest BCUT2D eigenvalue weighted by atomic mass is 10.1. The third-order valence-corrected chi connectivity index (χ3v) is 4.26. The maximum atomic E-state index is 13.4. The number of aromatic nitrogens is 2. The van der Waals surface area contributed by atoms with Crippen molar-refractivity contribution < 1.29 is 18.7 Å². The van der Waals surface area contributed by atoms with Gasteiger partial charge in [-0.15, -0.1) is 0 Å². The minimum Gasteiger partial charge on any atom is -0.395 e. The minimum absolute atomic E-state index is 0.111. The fourth-order valence-corrected chi connectivity index (χ4v) is 3.06. The van der Waals surface area contributed by atoms with E-state index in [0.29, 0.717) is 18.9 Å². The standard InChI is InChI=1S/C13H18F2N4O2/c1-17-3-2-16-11(17)12(21)18-5-10(6-18)19-8-13(14,15)4-9(19)7-20/h2-3,9-10,20H,4-8H2,1H3/t9-/m0/s1. The van der Waals surface area contributed by atoms with Crippen molar-refractivity contribution in [2.45, 2.75) is 24.4 Å². The number of alkyl halides is 2. The highest BCUT2D eigenvalue weighted by molar-refractivity contribution is 5.91. The maximum absolute atomic E-state index is 13.4. The molecule has 0 unspecified atom stereocenters. The van der Waals surface area contributed by atoms with E-state index in [2.05, 4.69) is 4.98 Å². The molecule has 1 aromatic heterocycles. The Kier molecular flexibility index (Phi) is 3.45. The fourth-order valence-electron chi connectivity index (χ4n) is 3.06. The Balaban J connectivity index is 1.61. The van der Waals surface area contributed by atoms with E-state index in [1.165, 1.54) is 0 Å². The van der Waals surface area contributed by atoms with Crippen molar-refractivity contribution in [1.82, 2.24) is 19.4 Å². The van der Waals surface area contributed by atoms with Crippen LogP contribution in [-0.2, 0) is 7.05 Å². The summed E-state index contributed by atoms with van der Waals surface area (Å²) >= 11 is 0. The Hall–Kier alpha value is -1.54. The maximum Gasteiger partial charge on any atom is 0.289 e. The van der Waals surface area contributed by atoms with Gasteiger partial charge < -0.3 is 14.6 Å². The molecule has 3 rings (SSSR count). The number of carbonyl (C=O) groups is 1. The number of carbonyl (C=O) groups excluding carboxylic acids is 1. The molecule has 116 valence electrons. The highest BCUT2D eigenvalue weighted by Gasteiger charge is 2.50. The molecule has 1 atom stereocenters. The first kappa shape index (κ1) is 14.4. The normalized spacial score (nSPS) is 26.1. The molecule has 1 aromatic rings. The number of hydrogen-bond acceptors (Lipinski definition) is 4. The Morgan fingerprint density at radius 2 is 2.24 bits per heavy atom. The second-order valence-corrected chi connectivity index (χ2v) is 5.79. The van der Waals surface area contributed by atoms with Crippen LogP contribution in [0.3, 0.4) is 0 Å². The molecule has 2 saturated heterocycles. The zero-order valence-corrected chi connectivity index (χ0v) is 11.7. The molecule has 0 bridgehead atoms. The Morgan fingerprint density at radius 1 is 1.52 bits per heavy atom. The lowest BCUT2D eigenvalue weighted by Gasteiger charge is -2.45. The Morgan fingerprint density at radius 3 is 2.81 bits per heavy atom. The first-order chi connectivity index (χ1) is 9.91. The molecular formula is C13H18F2N4O2. The van der Waals surface area contributed by atoms with Gasteiger partial charge in [-0.3, -0.25) is 9.69 Å². The van der Waals surface area contributed by atoms with Gasteiger partial charge in [-0.05, 0) is 0 Å². The molecule has 0 spiro atoms. The van der Waals surface area contributed by atoms with E-state index >= 15 is 0 Å². The molecule has 8 heteroatoms. The number of likely N-dealkylation sites (tertiary alicyclic amines) is 2. The molecule has 0 aliphatic carbocycles. The number of aliphatic hydroxyl groups excluding tert-OH is 1. The highest BCUT2D eigenvalue weighted by Crippen LogP contribution is 2.35. The van der Waals surface area contributed by atoms with Crippen molar-refractivity contribution in [2.75, 3.05) is 26.2 Å². The smallest absolute Gasteiger partial charge is 0.289 e. The van der Waals surface area contributed by atoms with Crippen LogP contribution in [0, 0.1) is 0 Å². The van der Waals surface area contributed by atoms with Crippen molar-refractivity contribution in [3.8, 4) is 0 Å². The number of nitrogens with zero attached hydrogens (tertiary/aromatic N) is 4. The summed E-state index contributed by atoms with van der Waals surface area (Å²) in [6, 6.07) is -0.629. The summed E-state index contributed by atoms with van der Waals surface area (Å²) < 4.78 is 28.5. The number of aryl methyl sites for hydroxylation is 1. The van der Waals surface area contributed by atoms with Crippen LogP contribution in [0.15, 0.2) is 12.4 Å². The molecule has 2 fully saturated rings. The monoisotopic (exact) mass is 300 g/mol. The van der Waals surface area contributed by atoms with Crippen molar-refractivity contribution >= 4 is 5.91 Å². The van der Waals surface area contributed by atoms with Crippen LogP contribution >= 0.6 is 0 Å². The number of amides is 1. The van der Waals surface area contributed by atoms with Crippen LogP contribution in [0.4, 0.5) is 8.78 Å². The van der Waals surface area contributed by atoms with Gasteiger partial charge >= 0.3 is 0 Å². The number of imidazole rings is 1. The van der Waals surface area contributed by atoms with Gasteiger partial charge in [-0.1, -0.05) is 0 Å². The Labute approximate surface area is 121 Å². The quantitative estimate of drug-likeness (QED) is 0.850. The van der Waals surface area contributed by atoms with E-state index in [1.54, 1.807) is 33.8 Å². The topological polar surface area (TPSA) is 61.6 Å². The summed E-state index contributed by atoms with van der Waals surface area (Å²) in [7, 11) is 1.74. The van der Waals surface area contributed by atoms with Crippen molar-refractivity contribution in [3.05, 3.63) is 18.2 Å². The van der Waals surface area contributed by atoms with Crippen LogP contribution in [0.5, 0.6) is 0 Å². The molecule has 0 saturated carbocycles. The van der Waals surface area contributed by atoms with Crippen molar-refractivity contribution in [1.29, 1.82) is 0 Å². The molecule has 3 heterocycles. The minimum atomic E-state index is -2.75. The van der Waals surface area contributed by atoms with E-state index < -0.39 is 12.0 Å². The molecule has 2 aliphatic rings. The number of rotatable bonds is 3. The van der Waals surface area contributed by atoms with Gasteiger partial charge in [-0.25, -0.2) is 13.8 Å². The average molecular weight is 300 g/mol. The molecule has 1 amide bonds. The summed E-state index contributed by atoms with van der Waals surface area (Å²) in [6.07, 6.45) is 2.92. The first-order valence-corrected chi connectivity index (χ1v) is 6.92. The number of aliphatic hydroxyl groups is 1. The Bertz CT molecular complexity index is 542. The molecule has 0 radical (unpaired) electrons. The van der Waals surface area contributed by atoms with E-state index in [4.69, 9.17) is 0 Å². The molecule has 0 aromatic carbocycles. The largest absolute Gasteiger partial charge is 0.395 e. The predicted octanol–water partition coefficient (Wildman–Crippen LogP) is -0.0536. The second-order valence-electron chi connectivity index (χ2n) is 5.79. The second kappa shape index (κ2) is 5.03. The SMILES string of the molecule is Cn1ccnc1C(=O)N1CC(N2CC(F)(F)C[C@H]2CO)C1. The van der Waals surface area contributed by atoms with Gasteiger partial charge in [0.05, 0.1) is 13.2 Å². The molecular weight excluding hydrogens is 282 g/mol. The van der Waals surface area contributed by atoms with Gasteiger partial charge in [0.25, 0.3) is 11.8 Å². The van der Waals surface area contributed by atoms with E-state index in [0.717, 1.165) is 0 Å². The zero-order valence-electron chi connectivity index (χ0n) is 11.7. The van der Waals surface area contributed by atoms with Crippen LogP contribution < -0.4 is 0 Å². The van der Waals surface area contributed by atoms with Crippen LogP contribution in [0.2, 0.25) is 0 Å². The number of hydrogen-bond donors (Lipinski definition) is 1. The molecule has 2 aliphatic heterocycles. The molecule has 21 heavy (non-hydrogen) atoms. The van der Waals surface area contributed by atoms with Gasteiger partial charge in [-0.2, -0.15) is 0 Å². The fraction of sp³-hybridized carbons (Fsp3) is 0.692. The number of halogens is 2. The molecule has 6 nitrogen and oxygen atoms in total. The third kappa shape index (κ3) is 2.53. The average Bonchev–Trinajstić information content (AvgIpc) is 2.90. The van der Waals surface area contributed by atoms with Crippen molar-refractivity contribution in [2.24, 2.45) is 7.05 Å². The summed E-state index contributed by atoms with van der Waals surface area (Å²) in [5.41, 5.74) is 0. The van der Waals surface area contributed by atoms with Crippen LogP contribution in [0.25, 0.3) is 0 Å². The first-order valence-electron chi connectivity index (χ1n) is 6.92. The zero-order chi connectivity index (χ0) is 15.2. The summed E-state index contributed by atoms with van der Waals surface area (Å²) in [5.74, 6) is -2.60. The van der Waals surface area contributed by atoms with Crippen molar-refractivity contribution in [3.63, 3.8) is 0 Å². The van der Waals surface area contributed by atoms with Gasteiger partial charge in [0.2, 0.25) is 0 Å². The van der Waals surface area contributed by atoms with Gasteiger partial charge in [0, 0.05) is 51.0 Å². The van der Waals surface area contributed by atoms with Gasteiger partial charge in [0.1, 0.15) is 0 Å².